The molecule has 1 aromatic carbocycles. The van der Waals surface area contributed by atoms with Gasteiger partial charge in [-0.3, -0.25) is 0 Å². The van der Waals surface area contributed by atoms with Crippen molar-refractivity contribution in [2.75, 3.05) is 13.7 Å². The van der Waals surface area contributed by atoms with Crippen molar-refractivity contribution < 1.29 is 4.74 Å². The maximum absolute atomic E-state index is 5.68. The summed E-state index contributed by atoms with van der Waals surface area (Å²) in [4.78, 5) is 0. The van der Waals surface area contributed by atoms with E-state index < -0.39 is 0 Å². The van der Waals surface area contributed by atoms with E-state index >= 15 is 0 Å². The fourth-order valence-electron chi connectivity index (χ4n) is 2.10. The second-order valence-corrected chi connectivity index (χ2v) is 4.29. The Balaban J connectivity index is 2.98. The van der Waals surface area contributed by atoms with Gasteiger partial charge in [0.05, 0.1) is 12.1 Å². The number of ether oxygens (including phenoxy) is 1. The predicted molar refractivity (Wildman–Crippen MR) is 68.8 cm³/mol. The highest BCUT2D eigenvalue weighted by molar-refractivity contribution is 5.33. The summed E-state index contributed by atoms with van der Waals surface area (Å²) in [6.07, 6.45) is 0.190. The molecule has 2 unspecified atom stereocenters. The van der Waals surface area contributed by atoms with Crippen LogP contribution < -0.4 is 5.32 Å². The average Bonchev–Trinajstić information content (AvgIpc) is 2.24. The Hall–Kier alpha value is -0.860. The molecule has 0 spiro atoms. The van der Waals surface area contributed by atoms with Crippen LogP contribution in [0.15, 0.2) is 18.2 Å². The number of hydrogen-bond donors (Lipinski definition) is 1. The molecule has 2 atom stereocenters. The van der Waals surface area contributed by atoms with E-state index in [1.165, 1.54) is 16.7 Å². The lowest BCUT2D eigenvalue weighted by Gasteiger charge is -2.25. The van der Waals surface area contributed by atoms with Gasteiger partial charge in [-0.1, -0.05) is 23.8 Å². The number of rotatable bonds is 5. The fourth-order valence-corrected chi connectivity index (χ4v) is 2.10. The van der Waals surface area contributed by atoms with Crippen LogP contribution in [0.2, 0.25) is 0 Å². The highest BCUT2D eigenvalue weighted by Crippen LogP contribution is 2.23. The molecule has 0 radical (unpaired) electrons. The van der Waals surface area contributed by atoms with E-state index in [0.29, 0.717) is 0 Å². The molecule has 1 N–H and O–H groups in total. The Morgan fingerprint density at radius 2 is 2.00 bits per heavy atom. The smallest absolute Gasteiger partial charge is 0.0741 e. The fraction of sp³-hybridized carbons (Fsp3) is 0.571. The Morgan fingerprint density at radius 3 is 2.56 bits per heavy atom. The summed E-state index contributed by atoms with van der Waals surface area (Å²) >= 11 is 0. The summed E-state index contributed by atoms with van der Waals surface area (Å²) in [5.74, 6) is 0. The molecule has 0 aliphatic heterocycles. The van der Waals surface area contributed by atoms with E-state index in [9.17, 15) is 0 Å². The molecule has 2 heteroatoms. The second-order valence-electron chi connectivity index (χ2n) is 4.29. The summed E-state index contributed by atoms with van der Waals surface area (Å²) in [6.45, 7) is 9.18. The maximum Gasteiger partial charge on any atom is 0.0741 e. The van der Waals surface area contributed by atoms with Crippen LogP contribution in [-0.2, 0) is 4.74 Å². The second kappa shape index (κ2) is 6.02. The van der Waals surface area contributed by atoms with Gasteiger partial charge < -0.3 is 10.1 Å². The van der Waals surface area contributed by atoms with Crippen LogP contribution in [0.1, 0.15) is 36.6 Å². The lowest BCUT2D eigenvalue weighted by atomic mass is 9.96. The summed E-state index contributed by atoms with van der Waals surface area (Å²) in [5.41, 5.74) is 3.95. The molecule has 0 fully saturated rings. The minimum Gasteiger partial charge on any atom is -0.377 e. The Labute approximate surface area is 99.0 Å². The van der Waals surface area contributed by atoms with Crippen LogP contribution in [0.3, 0.4) is 0 Å². The summed E-state index contributed by atoms with van der Waals surface area (Å²) in [7, 11) is 1.99. The molecule has 0 aliphatic rings. The van der Waals surface area contributed by atoms with Crippen molar-refractivity contribution in [3.8, 4) is 0 Å². The summed E-state index contributed by atoms with van der Waals surface area (Å²) < 4.78 is 5.68. The third kappa shape index (κ3) is 3.06. The number of hydrogen-bond acceptors (Lipinski definition) is 2. The van der Waals surface area contributed by atoms with Crippen LogP contribution in [-0.4, -0.2) is 19.8 Å². The van der Waals surface area contributed by atoms with Crippen LogP contribution in [0.5, 0.6) is 0 Å². The number of likely N-dealkylation sites (N-methyl/N-ethyl adjacent to an activating group) is 1. The maximum atomic E-state index is 5.68. The van der Waals surface area contributed by atoms with Crippen molar-refractivity contribution in [1.82, 2.24) is 5.32 Å². The normalized spacial score (nSPS) is 14.8. The average molecular weight is 221 g/mol. The van der Waals surface area contributed by atoms with E-state index in [-0.39, 0.29) is 12.1 Å². The molecule has 1 rings (SSSR count). The van der Waals surface area contributed by atoms with Gasteiger partial charge in [0.2, 0.25) is 0 Å². The molecule has 0 amide bonds. The zero-order chi connectivity index (χ0) is 12.1. The van der Waals surface area contributed by atoms with Gasteiger partial charge in [0.1, 0.15) is 0 Å². The van der Waals surface area contributed by atoms with E-state index in [0.717, 1.165) is 6.61 Å². The first kappa shape index (κ1) is 13.2. The SMILES string of the molecule is CCOC(C)C(NC)c1cc(C)ccc1C. The topological polar surface area (TPSA) is 21.3 Å². The number of nitrogens with one attached hydrogen (secondary N) is 1. The highest BCUT2D eigenvalue weighted by Gasteiger charge is 2.19. The van der Waals surface area contributed by atoms with Crippen molar-refractivity contribution >= 4 is 0 Å². The van der Waals surface area contributed by atoms with E-state index in [4.69, 9.17) is 4.74 Å². The molecule has 0 bridgehead atoms. The molecule has 0 aromatic heterocycles. The summed E-state index contributed by atoms with van der Waals surface area (Å²) in [6, 6.07) is 6.83. The van der Waals surface area contributed by atoms with Crippen molar-refractivity contribution in [3.63, 3.8) is 0 Å². The van der Waals surface area contributed by atoms with E-state index in [1.807, 2.05) is 14.0 Å². The molecule has 2 nitrogen and oxygen atoms in total. The molecule has 0 aliphatic carbocycles. The van der Waals surface area contributed by atoms with Crippen molar-refractivity contribution in [3.05, 3.63) is 34.9 Å². The molecule has 1 aromatic rings. The monoisotopic (exact) mass is 221 g/mol. The Bertz CT molecular complexity index is 336. The molecule has 90 valence electrons. The molecule has 16 heavy (non-hydrogen) atoms. The van der Waals surface area contributed by atoms with Gasteiger partial charge in [-0.25, -0.2) is 0 Å². The minimum absolute atomic E-state index is 0.190. The molecule has 0 saturated carbocycles. The Kier molecular flexibility index (Phi) is 4.97. The zero-order valence-electron chi connectivity index (χ0n) is 11.0. The number of aryl methyl sites for hydroxylation is 2. The Morgan fingerprint density at radius 1 is 1.31 bits per heavy atom. The van der Waals surface area contributed by atoms with Gasteiger partial charge >= 0.3 is 0 Å². The predicted octanol–water partition coefficient (Wildman–Crippen LogP) is 2.99. The van der Waals surface area contributed by atoms with Gasteiger partial charge in [-0.15, -0.1) is 0 Å². The molecular weight excluding hydrogens is 198 g/mol. The number of benzene rings is 1. The van der Waals surface area contributed by atoms with Crippen LogP contribution in [0.25, 0.3) is 0 Å². The largest absolute Gasteiger partial charge is 0.377 e. The lowest BCUT2D eigenvalue weighted by Crippen LogP contribution is -2.30. The first-order valence-corrected chi connectivity index (χ1v) is 5.96. The first-order valence-electron chi connectivity index (χ1n) is 5.96. The van der Waals surface area contributed by atoms with Crippen LogP contribution in [0.4, 0.5) is 0 Å². The molecule has 0 saturated heterocycles. The van der Waals surface area contributed by atoms with Crippen molar-refractivity contribution in [2.45, 2.75) is 39.8 Å². The van der Waals surface area contributed by atoms with Gasteiger partial charge in [0.15, 0.2) is 0 Å². The standard InChI is InChI=1S/C14H23NO/c1-6-16-12(4)14(15-5)13-9-10(2)7-8-11(13)3/h7-9,12,14-15H,6H2,1-5H3. The van der Waals surface area contributed by atoms with Crippen LogP contribution >= 0.6 is 0 Å². The van der Waals surface area contributed by atoms with Gasteiger partial charge in [0, 0.05) is 6.61 Å². The summed E-state index contributed by atoms with van der Waals surface area (Å²) in [5, 5.41) is 3.35. The zero-order valence-corrected chi connectivity index (χ0v) is 11.0. The van der Waals surface area contributed by atoms with E-state index in [1.54, 1.807) is 0 Å². The van der Waals surface area contributed by atoms with Gasteiger partial charge in [-0.2, -0.15) is 0 Å². The quantitative estimate of drug-likeness (QED) is 0.825. The first-order chi connectivity index (χ1) is 7.60. The lowest BCUT2D eigenvalue weighted by molar-refractivity contribution is 0.0491. The van der Waals surface area contributed by atoms with Crippen molar-refractivity contribution in [1.29, 1.82) is 0 Å². The third-order valence-electron chi connectivity index (χ3n) is 2.98. The van der Waals surface area contributed by atoms with Crippen LogP contribution in [0, 0.1) is 13.8 Å². The van der Waals surface area contributed by atoms with Crippen molar-refractivity contribution in [2.24, 2.45) is 0 Å². The highest BCUT2D eigenvalue weighted by atomic mass is 16.5. The van der Waals surface area contributed by atoms with E-state index in [2.05, 4.69) is 44.3 Å². The molecular formula is C14H23NO. The van der Waals surface area contributed by atoms with Gasteiger partial charge in [0.25, 0.3) is 0 Å². The van der Waals surface area contributed by atoms with Gasteiger partial charge in [-0.05, 0) is 45.9 Å². The minimum atomic E-state index is 0.190. The third-order valence-corrected chi connectivity index (χ3v) is 2.98. The molecule has 0 heterocycles.